The van der Waals surface area contributed by atoms with Gasteiger partial charge in [0, 0.05) is 18.3 Å². The molecule has 0 fully saturated rings. The lowest BCUT2D eigenvalue weighted by Crippen LogP contribution is -2.22. The van der Waals surface area contributed by atoms with Crippen LogP contribution in [0.25, 0.3) is 0 Å². The van der Waals surface area contributed by atoms with Gasteiger partial charge in [0.15, 0.2) is 0 Å². The summed E-state index contributed by atoms with van der Waals surface area (Å²) in [4.78, 5) is 0. The Morgan fingerprint density at radius 2 is 2.10 bits per heavy atom. The van der Waals surface area contributed by atoms with E-state index in [1.807, 2.05) is 0 Å². The van der Waals surface area contributed by atoms with E-state index in [1.165, 1.54) is 0 Å². The van der Waals surface area contributed by atoms with Crippen LogP contribution in [0, 0.1) is 0 Å². The maximum Gasteiger partial charge on any atom is 0.414 e. The molecule has 0 aromatic heterocycles. The van der Waals surface area contributed by atoms with Gasteiger partial charge in [-0.15, -0.1) is 0 Å². The molecule has 0 aromatic rings. The molecule has 0 saturated heterocycles. The van der Waals surface area contributed by atoms with Gasteiger partial charge in [0.2, 0.25) is 0 Å². The van der Waals surface area contributed by atoms with Gasteiger partial charge < -0.3 is 5.32 Å². The van der Waals surface area contributed by atoms with Crippen molar-refractivity contribution in [1.29, 1.82) is 0 Å². The van der Waals surface area contributed by atoms with Crippen molar-refractivity contribution in [1.82, 2.24) is 5.32 Å². The summed E-state index contributed by atoms with van der Waals surface area (Å²) in [5.74, 6) is 0. The number of hydrogen-bond acceptors (Lipinski definition) is 1. The second-order valence-corrected chi connectivity index (χ2v) is 2.23. The summed E-state index contributed by atoms with van der Waals surface area (Å²) in [6.07, 6.45) is -2.35. The van der Waals surface area contributed by atoms with Crippen LogP contribution in [0.5, 0.6) is 0 Å². The highest BCUT2D eigenvalue weighted by molar-refractivity contribution is 5.09. The first-order valence-electron chi connectivity index (χ1n) is 3.10. The average Bonchev–Trinajstić information content (AvgIpc) is 1.88. The third-order valence-electron chi connectivity index (χ3n) is 1.41. The van der Waals surface area contributed by atoms with Crippen molar-refractivity contribution >= 4 is 0 Å². The average molecular weight is 151 g/mol. The number of nitrogens with one attached hydrogen (secondary N) is 1. The molecular weight excluding hydrogens is 143 g/mol. The Balaban J connectivity index is 2.62. The first kappa shape index (κ1) is 7.44. The molecular formula is C6H8F3N. The minimum Gasteiger partial charge on any atom is -0.391 e. The summed E-state index contributed by atoms with van der Waals surface area (Å²) in [5.41, 5.74) is -0.446. The Bertz CT molecular complexity index is 148. The van der Waals surface area contributed by atoms with Gasteiger partial charge in [-0.2, -0.15) is 13.2 Å². The lowest BCUT2D eigenvalue weighted by atomic mass is 10.1. The zero-order valence-electron chi connectivity index (χ0n) is 5.33. The van der Waals surface area contributed by atoms with Crippen molar-refractivity contribution in [3.8, 4) is 0 Å². The standard InChI is InChI=1S/C6H8F3N/c7-6(8,9)5-2-1-3-10-4-5/h4,10H,1-3H2. The minimum atomic E-state index is -4.13. The van der Waals surface area contributed by atoms with E-state index in [4.69, 9.17) is 0 Å². The predicted molar refractivity (Wildman–Crippen MR) is 31.4 cm³/mol. The Labute approximate surface area is 56.9 Å². The summed E-state index contributed by atoms with van der Waals surface area (Å²) in [6.45, 7) is 0.652. The maximum atomic E-state index is 11.8. The molecule has 1 heterocycles. The molecule has 0 bridgehead atoms. The molecule has 0 radical (unpaired) electrons. The van der Waals surface area contributed by atoms with Gasteiger partial charge in [0.25, 0.3) is 0 Å². The summed E-state index contributed by atoms with van der Waals surface area (Å²) < 4.78 is 35.5. The topological polar surface area (TPSA) is 12.0 Å². The van der Waals surface area contributed by atoms with Crippen LogP contribution >= 0.6 is 0 Å². The number of hydrogen-bond donors (Lipinski definition) is 1. The second kappa shape index (κ2) is 2.52. The largest absolute Gasteiger partial charge is 0.414 e. The lowest BCUT2D eigenvalue weighted by molar-refractivity contribution is -0.0951. The van der Waals surface area contributed by atoms with Crippen molar-refractivity contribution in [3.63, 3.8) is 0 Å². The molecule has 0 spiro atoms. The first-order valence-corrected chi connectivity index (χ1v) is 3.10. The van der Waals surface area contributed by atoms with Crippen molar-refractivity contribution < 1.29 is 13.2 Å². The molecule has 1 nitrogen and oxygen atoms in total. The molecule has 0 amide bonds. The van der Waals surface area contributed by atoms with E-state index in [9.17, 15) is 13.2 Å². The molecule has 1 aliphatic rings. The maximum absolute atomic E-state index is 11.8. The van der Waals surface area contributed by atoms with Gasteiger partial charge in [-0.05, 0) is 12.8 Å². The smallest absolute Gasteiger partial charge is 0.391 e. The Hall–Kier alpha value is -0.670. The first-order chi connectivity index (χ1) is 4.61. The fourth-order valence-electron chi connectivity index (χ4n) is 0.872. The Morgan fingerprint density at radius 1 is 1.40 bits per heavy atom. The van der Waals surface area contributed by atoms with Crippen molar-refractivity contribution in [2.75, 3.05) is 6.54 Å². The van der Waals surface area contributed by atoms with E-state index in [2.05, 4.69) is 5.32 Å². The van der Waals surface area contributed by atoms with Crippen LogP contribution in [0.1, 0.15) is 12.8 Å². The summed E-state index contributed by atoms with van der Waals surface area (Å²) >= 11 is 0. The van der Waals surface area contributed by atoms with E-state index in [0.717, 1.165) is 6.20 Å². The zero-order chi connectivity index (χ0) is 7.61. The highest BCUT2D eigenvalue weighted by Gasteiger charge is 2.33. The number of allylic oxidation sites excluding steroid dienone is 1. The van der Waals surface area contributed by atoms with Crippen LogP contribution in [0.2, 0.25) is 0 Å². The van der Waals surface area contributed by atoms with Gasteiger partial charge in [-0.25, -0.2) is 0 Å². The van der Waals surface area contributed by atoms with E-state index < -0.39 is 11.7 Å². The monoisotopic (exact) mass is 151 g/mol. The SMILES string of the molecule is FC(F)(F)C1=CNCCC1. The van der Waals surface area contributed by atoms with Gasteiger partial charge in [-0.3, -0.25) is 0 Å². The van der Waals surface area contributed by atoms with E-state index in [0.29, 0.717) is 13.0 Å². The van der Waals surface area contributed by atoms with E-state index >= 15 is 0 Å². The number of alkyl halides is 3. The third kappa shape index (κ3) is 1.65. The van der Waals surface area contributed by atoms with Crippen LogP contribution in [-0.2, 0) is 0 Å². The molecule has 1 rings (SSSR count). The molecule has 10 heavy (non-hydrogen) atoms. The van der Waals surface area contributed by atoms with Crippen molar-refractivity contribution in [3.05, 3.63) is 11.8 Å². The molecule has 4 heteroatoms. The predicted octanol–water partition coefficient (Wildman–Crippen LogP) is 1.82. The van der Waals surface area contributed by atoms with E-state index in [-0.39, 0.29) is 6.42 Å². The highest BCUT2D eigenvalue weighted by atomic mass is 19.4. The van der Waals surface area contributed by atoms with Gasteiger partial charge in [0.05, 0.1) is 0 Å². The van der Waals surface area contributed by atoms with Crippen LogP contribution in [-0.4, -0.2) is 12.7 Å². The lowest BCUT2D eigenvalue weighted by Gasteiger charge is -2.16. The van der Waals surface area contributed by atoms with Crippen molar-refractivity contribution in [2.45, 2.75) is 19.0 Å². The van der Waals surface area contributed by atoms with Crippen LogP contribution < -0.4 is 5.32 Å². The number of rotatable bonds is 0. The van der Waals surface area contributed by atoms with Crippen molar-refractivity contribution in [2.24, 2.45) is 0 Å². The normalized spacial score (nSPS) is 19.7. The molecule has 0 aromatic carbocycles. The Morgan fingerprint density at radius 3 is 2.40 bits per heavy atom. The number of halogens is 3. The van der Waals surface area contributed by atoms with Gasteiger partial charge in [0.1, 0.15) is 0 Å². The van der Waals surface area contributed by atoms with Crippen LogP contribution in [0.15, 0.2) is 11.8 Å². The van der Waals surface area contributed by atoms with Crippen LogP contribution in [0.3, 0.4) is 0 Å². The second-order valence-electron chi connectivity index (χ2n) is 2.23. The Kier molecular flexibility index (Phi) is 1.87. The fourth-order valence-corrected chi connectivity index (χ4v) is 0.872. The zero-order valence-corrected chi connectivity index (χ0v) is 5.33. The fraction of sp³-hybridized carbons (Fsp3) is 0.667. The van der Waals surface area contributed by atoms with Crippen LogP contribution in [0.4, 0.5) is 13.2 Å². The molecule has 1 N–H and O–H groups in total. The molecule has 0 aliphatic carbocycles. The van der Waals surface area contributed by atoms with Gasteiger partial charge >= 0.3 is 6.18 Å². The molecule has 0 unspecified atom stereocenters. The third-order valence-corrected chi connectivity index (χ3v) is 1.41. The summed E-state index contributed by atoms with van der Waals surface area (Å²) in [6, 6.07) is 0. The molecule has 58 valence electrons. The van der Waals surface area contributed by atoms with E-state index in [1.54, 1.807) is 0 Å². The molecule has 1 aliphatic heterocycles. The molecule has 0 atom stereocenters. The summed E-state index contributed by atoms with van der Waals surface area (Å²) in [7, 11) is 0. The summed E-state index contributed by atoms with van der Waals surface area (Å²) in [5, 5.41) is 2.56. The quantitative estimate of drug-likeness (QED) is 0.556. The minimum absolute atomic E-state index is 0.149. The highest BCUT2D eigenvalue weighted by Crippen LogP contribution is 2.29. The molecule has 0 saturated carbocycles. The van der Waals surface area contributed by atoms with Gasteiger partial charge in [-0.1, -0.05) is 0 Å².